The summed E-state index contributed by atoms with van der Waals surface area (Å²) in [5, 5.41) is 3.18. The van der Waals surface area contributed by atoms with E-state index >= 15 is 0 Å². The van der Waals surface area contributed by atoms with Gasteiger partial charge in [-0.25, -0.2) is 0 Å². The molecule has 100 valence electrons. The number of rotatable bonds is 7. The number of morpholine rings is 1. The van der Waals surface area contributed by atoms with Gasteiger partial charge in [0.1, 0.15) is 6.10 Å². The highest BCUT2D eigenvalue weighted by Crippen LogP contribution is 2.04. The van der Waals surface area contributed by atoms with E-state index in [1.54, 1.807) is 7.11 Å². The summed E-state index contributed by atoms with van der Waals surface area (Å²) in [4.78, 5) is 14.1. The van der Waals surface area contributed by atoms with Crippen molar-refractivity contribution in [3.8, 4) is 0 Å². The average Bonchev–Trinajstić information content (AvgIpc) is 2.39. The maximum Gasteiger partial charge on any atom is 0.253 e. The number of nitrogens with zero attached hydrogens (tertiary/aromatic N) is 1. The van der Waals surface area contributed by atoms with Gasteiger partial charge in [-0.3, -0.25) is 4.79 Å². The van der Waals surface area contributed by atoms with Crippen LogP contribution in [0.2, 0.25) is 0 Å². The number of hydrogen-bond donors (Lipinski definition) is 1. The molecule has 5 heteroatoms. The molecular formula is C12H24N2O3. The Bertz CT molecular complexity index is 210. The van der Waals surface area contributed by atoms with Gasteiger partial charge in [-0.15, -0.1) is 0 Å². The van der Waals surface area contributed by atoms with Crippen LogP contribution in [-0.4, -0.2) is 63.4 Å². The molecule has 1 heterocycles. The molecule has 1 aliphatic rings. The predicted molar refractivity (Wildman–Crippen MR) is 66.0 cm³/mol. The Kier molecular flexibility index (Phi) is 7.16. The molecule has 5 nitrogen and oxygen atoms in total. The molecule has 1 amide bonds. The molecule has 1 N–H and O–H groups in total. The van der Waals surface area contributed by atoms with Crippen LogP contribution in [0.1, 0.15) is 19.8 Å². The molecule has 1 fully saturated rings. The lowest BCUT2D eigenvalue weighted by Gasteiger charge is -2.29. The second-order valence-corrected chi connectivity index (χ2v) is 4.24. The third kappa shape index (κ3) is 5.02. The van der Waals surface area contributed by atoms with Gasteiger partial charge >= 0.3 is 0 Å². The van der Waals surface area contributed by atoms with Gasteiger partial charge in [0.15, 0.2) is 0 Å². The van der Waals surface area contributed by atoms with Crippen LogP contribution in [0.4, 0.5) is 0 Å². The SMILES string of the molecule is CCCCN(CCOC)C(=O)C1CNCCO1. The van der Waals surface area contributed by atoms with Crippen molar-refractivity contribution in [1.82, 2.24) is 10.2 Å². The molecule has 0 aromatic rings. The lowest BCUT2D eigenvalue weighted by Crippen LogP contribution is -2.50. The quantitative estimate of drug-likeness (QED) is 0.697. The molecule has 1 saturated heterocycles. The zero-order valence-electron chi connectivity index (χ0n) is 10.9. The normalized spacial score (nSPS) is 20.2. The molecular weight excluding hydrogens is 220 g/mol. The molecule has 1 rings (SSSR count). The molecule has 0 radical (unpaired) electrons. The van der Waals surface area contributed by atoms with Crippen LogP contribution in [0.15, 0.2) is 0 Å². The molecule has 0 aromatic heterocycles. The first-order valence-electron chi connectivity index (χ1n) is 6.39. The van der Waals surface area contributed by atoms with Gasteiger partial charge in [-0.1, -0.05) is 13.3 Å². The molecule has 1 unspecified atom stereocenters. The van der Waals surface area contributed by atoms with Gasteiger partial charge in [0.2, 0.25) is 0 Å². The van der Waals surface area contributed by atoms with Crippen molar-refractivity contribution in [2.24, 2.45) is 0 Å². The number of amides is 1. The summed E-state index contributed by atoms with van der Waals surface area (Å²) in [6.07, 6.45) is 1.79. The van der Waals surface area contributed by atoms with Gasteiger partial charge in [-0.05, 0) is 6.42 Å². The largest absolute Gasteiger partial charge is 0.383 e. The summed E-state index contributed by atoms with van der Waals surface area (Å²) in [5.74, 6) is 0.0858. The molecule has 17 heavy (non-hydrogen) atoms. The number of nitrogens with one attached hydrogen (secondary N) is 1. The van der Waals surface area contributed by atoms with Crippen LogP contribution in [0.5, 0.6) is 0 Å². The smallest absolute Gasteiger partial charge is 0.253 e. The Morgan fingerprint density at radius 2 is 2.35 bits per heavy atom. The summed E-state index contributed by atoms with van der Waals surface area (Å²) >= 11 is 0. The fourth-order valence-electron chi connectivity index (χ4n) is 1.81. The lowest BCUT2D eigenvalue weighted by atomic mass is 10.2. The summed E-state index contributed by atoms with van der Waals surface area (Å²) in [7, 11) is 1.65. The monoisotopic (exact) mass is 244 g/mol. The van der Waals surface area contributed by atoms with Gasteiger partial charge in [0.05, 0.1) is 13.2 Å². The fraction of sp³-hybridized carbons (Fsp3) is 0.917. The first-order valence-corrected chi connectivity index (χ1v) is 6.39. The van der Waals surface area contributed by atoms with Gasteiger partial charge < -0.3 is 19.7 Å². The van der Waals surface area contributed by atoms with Crippen molar-refractivity contribution in [3.63, 3.8) is 0 Å². The van der Waals surface area contributed by atoms with Crippen LogP contribution in [0, 0.1) is 0 Å². The Balaban J connectivity index is 2.44. The molecule has 0 aliphatic carbocycles. The minimum absolute atomic E-state index is 0.0858. The number of unbranched alkanes of at least 4 members (excludes halogenated alkanes) is 1. The van der Waals surface area contributed by atoms with Crippen LogP contribution < -0.4 is 5.32 Å². The van der Waals surface area contributed by atoms with E-state index in [1.807, 2.05) is 4.90 Å². The highest BCUT2D eigenvalue weighted by atomic mass is 16.5. The number of hydrogen-bond acceptors (Lipinski definition) is 4. The fourth-order valence-corrected chi connectivity index (χ4v) is 1.81. The zero-order valence-corrected chi connectivity index (χ0v) is 10.9. The standard InChI is InChI=1S/C12H24N2O3/c1-3-4-6-14(7-9-16-2)12(15)11-10-13-5-8-17-11/h11,13H,3-10H2,1-2H3. The molecule has 0 spiro atoms. The highest BCUT2D eigenvalue weighted by molar-refractivity contribution is 5.81. The Labute approximate surface area is 103 Å². The second-order valence-electron chi connectivity index (χ2n) is 4.24. The van der Waals surface area contributed by atoms with E-state index < -0.39 is 0 Å². The van der Waals surface area contributed by atoms with Gasteiger partial charge in [0.25, 0.3) is 5.91 Å². The number of carbonyl (C=O) groups excluding carboxylic acids is 1. The highest BCUT2D eigenvalue weighted by Gasteiger charge is 2.26. The van der Waals surface area contributed by atoms with E-state index in [2.05, 4.69) is 12.2 Å². The Morgan fingerprint density at radius 1 is 1.53 bits per heavy atom. The second kappa shape index (κ2) is 8.44. The van der Waals surface area contributed by atoms with Crippen LogP contribution in [0.3, 0.4) is 0 Å². The number of carbonyl (C=O) groups is 1. The van der Waals surface area contributed by atoms with E-state index in [1.165, 1.54) is 0 Å². The third-order valence-corrected chi connectivity index (χ3v) is 2.86. The summed E-state index contributed by atoms with van der Waals surface area (Å²) < 4.78 is 10.5. The molecule has 0 bridgehead atoms. The molecule has 0 aromatic carbocycles. The predicted octanol–water partition coefficient (Wildman–Crippen LogP) is 0.250. The van der Waals surface area contributed by atoms with Crippen molar-refractivity contribution in [2.45, 2.75) is 25.9 Å². The summed E-state index contributed by atoms with van der Waals surface area (Å²) in [6.45, 7) is 6.20. The van der Waals surface area contributed by atoms with Crippen molar-refractivity contribution in [3.05, 3.63) is 0 Å². The number of ether oxygens (including phenoxy) is 2. The van der Waals surface area contributed by atoms with Crippen molar-refractivity contribution >= 4 is 5.91 Å². The first-order chi connectivity index (χ1) is 8.29. The Morgan fingerprint density at radius 3 is 2.94 bits per heavy atom. The molecule has 1 atom stereocenters. The molecule has 1 aliphatic heterocycles. The third-order valence-electron chi connectivity index (χ3n) is 2.86. The van der Waals surface area contributed by atoms with Crippen molar-refractivity contribution in [2.75, 3.05) is 46.5 Å². The topological polar surface area (TPSA) is 50.8 Å². The minimum atomic E-state index is -0.322. The van der Waals surface area contributed by atoms with E-state index in [0.29, 0.717) is 26.3 Å². The number of methoxy groups -OCH3 is 1. The van der Waals surface area contributed by atoms with Crippen molar-refractivity contribution < 1.29 is 14.3 Å². The van der Waals surface area contributed by atoms with Crippen molar-refractivity contribution in [1.29, 1.82) is 0 Å². The summed E-state index contributed by atoms with van der Waals surface area (Å²) in [6, 6.07) is 0. The van der Waals surface area contributed by atoms with Gasteiger partial charge in [-0.2, -0.15) is 0 Å². The van der Waals surface area contributed by atoms with Crippen LogP contribution in [0.25, 0.3) is 0 Å². The average molecular weight is 244 g/mol. The minimum Gasteiger partial charge on any atom is -0.383 e. The van der Waals surface area contributed by atoms with E-state index in [-0.39, 0.29) is 12.0 Å². The lowest BCUT2D eigenvalue weighted by molar-refractivity contribution is -0.145. The van der Waals surface area contributed by atoms with E-state index in [0.717, 1.165) is 25.9 Å². The summed E-state index contributed by atoms with van der Waals surface area (Å²) in [5.41, 5.74) is 0. The Hall–Kier alpha value is -0.650. The zero-order chi connectivity index (χ0) is 12.5. The van der Waals surface area contributed by atoms with Crippen LogP contribution >= 0.6 is 0 Å². The maximum absolute atomic E-state index is 12.2. The first kappa shape index (κ1) is 14.4. The van der Waals surface area contributed by atoms with Gasteiger partial charge in [0, 0.05) is 33.3 Å². The maximum atomic E-state index is 12.2. The molecule has 0 saturated carbocycles. The van der Waals surface area contributed by atoms with Crippen LogP contribution in [-0.2, 0) is 14.3 Å². The van der Waals surface area contributed by atoms with E-state index in [4.69, 9.17) is 9.47 Å². The van der Waals surface area contributed by atoms with E-state index in [9.17, 15) is 4.79 Å².